The van der Waals surface area contributed by atoms with E-state index in [9.17, 15) is 0 Å². The molecule has 0 bridgehead atoms. The second-order valence-electron chi connectivity index (χ2n) is 15.4. The van der Waals surface area contributed by atoms with Crippen LogP contribution in [-0.4, -0.2) is 0 Å². The Morgan fingerprint density at radius 2 is 0.745 bits per heavy atom. The van der Waals surface area contributed by atoms with E-state index in [4.69, 9.17) is 4.74 Å². The lowest BCUT2D eigenvalue weighted by Crippen LogP contribution is -2.33. The molecule has 0 aromatic heterocycles. The van der Waals surface area contributed by atoms with Gasteiger partial charge in [0.15, 0.2) is 0 Å². The molecule has 1 unspecified atom stereocenters. The van der Waals surface area contributed by atoms with Crippen LogP contribution in [0, 0.1) is 0 Å². The van der Waals surface area contributed by atoms with Gasteiger partial charge in [-0.25, -0.2) is 0 Å². The van der Waals surface area contributed by atoms with Crippen molar-refractivity contribution >= 4 is 10.8 Å². The Morgan fingerprint density at radius 1 is 0.291 bits per heavy atom. The molecule has 0 fully saturated rings. The Morgan fingerprint density at radius 3 is 1.42 bits per heavy atom. The molecule has 254 valence electrons. The van der Waals surface area contributed by atoms with Crippen LogP contribution >= 0.6 is 0 Å². The van der Waals surface area contributed by atoms with Gasteiger partial charge in [0.2, 0.25) is 0 Å². The molecule has 0 saturated heterocycles. The molecular formula is C54H32O. The van der Waals surface area contributed by atoms with Crippen LogP contribution in [0.15, 0.2) is 194 Å². The van der Waals surface area contributed by atoms with Crippen LogP contribution in [0.2, 0.25) is 0 Å². The number of para-hydroxylation sites is 1. The molecule has 9 aromatic rings. The summed E-state index contributed by atoms with van der Waals surface area (Å²) in [5.41, 5.74) is 19.5. The maximum atomic E-state index is 6.93. The fourth-order valence-corrected chi connectivity index (χ4v) is 11.3. The monoisotopic (exact) mass is 696 g/mol. The lowest BCUT2D eigenvalue weighted by molar-refractivity contribution is 0.437. The zero-order valence-electron chi connectivity index (χ0n) is 29.9. The van der Waals surface area contributed by atoms with E-state index in [0.717, 1.165) is 11.5 Å². The maximum Gasteiger partial charge on any atom is 0.132 e. The van der Waals surface area contributed by atoms with Gasteiger partial charge in [0.1, 0.15) is 11.5 Å². The zero-order valence-corrected chi connectivity index (χ0v) is 29.9. The van der Waals surface area contributed by atoms with Crippen molar-refractivity contribution in [2.75, 3.05) is 0 Å². The van der Waals surface area contributed by atoms with E-state index >= 15 is 0 Å². The SMILES string of the molecule is c1ccc2c(c1)Oc1cccc(-c3ccc4c(c3)C3(c5ccccc5-4)c4ccccc4-c4cccc5cccc3c45)c1C21c2ccccc2-c2ccccc21. The standard InChI is InChI=1S/C54H32O/c1-5-22-42-38(18-1)40-31-30-34(32-48(40)53(42)43-23-6-4-19-39(43)41-21-11-14-33-15-12-27-47(53)51(33)41)35-20-13-29-50-52(35)54(46-26-9-10-28-49(46)55-50)44-24-7-2-16-36(44)37-17-3-8-25-45(37)54/h1-32H. The van der Waals surface area contributed by atoms with E-state index < -0.39 is 10.8 Å². The minimum atomic E-state index is -0.560. The average molecular weight is 697 g/mol. The molecule has 4 aliphatic rings. The van der Waals surface area contributed by atoms with Crippen molar-refractivity contribution < 1.29 is 4.74 Å². The Kier molecular flexibility index (Phi) is 5.56. The summed E-state index contributed by atoms with van der Waals surface area (Å²) in [7, 11) is 0. The van der Waals surface area contributed by atoms with Gasteiger partial charge in [0, 0.05) is 11.1 Å². The van der Waals surface area contributed by atoms with Gasteiger partial charge in [0.25, 0.3) is 0 Å². The Bertz CT molecular complexity index is 3100. The molecule has 1 heterocycles. The molecule has 1 heteroatoms. The predicted molar refractivity (Wildman–Crippen MR) is 223 cm³/mol. The van der Waals surface area contributed by atoms with Crippen LogP contribution in [0.25, 0.3) is 55.3 Å². The van der Waals surface area contributed by atoms with E-state index in [0.29, 0.717) is 0 Å². The third kappa shape index (κ3) is 3.42. The molecule has 1 atom stereocenters. The van der Waals surface area contributed by atoms with Crippen molar-refractivity contribution in [2.45, 2.75) is 10.8 Å². The minimum Gasteiger partial charge on any atom is -0.457 e. The van der Waals surface area contributed by atoms with E-state index in [-0.39, 0.29) is 0 Å². The van der Waals surface area contributed by atoms with Gasteiger partial charge in [-0.05, 0) is 107 Å². The van der Waals surface area contributed by atoms with Gasteiger partial charge in [-0.2, -0.15) is 0 Å². The van der Waals surface area contributed by atoms with Gasteiger partial charge in [-0.3, -0.25) is 0 Å². The molecule has 13 rings (SSSR count). The molecule has 0 saturated carbocycles. The topological polar surface area (TPSA) is 9.23 Å². The first-order valence-electron chi connectivity index (χ1n) is 19.3. The highest BCUT2D eigenvalue weighted by atomic mass is 16.5. The van der Waals surface area contributed by atoms with Crippen molar-refractivity contribution in [3.8, 4) is 56.0 Å². The van der Waals surface area contributed by atoms with Crippen molar-refractivity contribution in [3.05, 3.63) is 239 Å². The summed E-state index contributed by atoms with van der Waals surface area (Å²) in [6.45, 7) is 0. The summed E-state index contributed by atoms with van der Waals surface area (Å²) < 4.78 is 6.93. The number of ether oxygens (including phenoxy) is 1. The van der Waals surface area contributed by atoms with Gasteiger partial charge < -0.3 is 4.74 Å². The zero-order chi connectivity index (χ0) is 35.9. The van der Waals surface area contributed by atoms with Crippen molar-refractivity contribution in [3.63, 3.8) is 0 Å². The minimum absolute atomic E-state index is 0.491. The van der Waals surface area contributed by atoms with Crippen molar-refractivity contribution in [2.24, 2.45) is 0 Å². The first-order valence-corrected chi connectivity index (χ1v) is 19.3. The molecule has 0 N–H and O–H groups in total. The van der Waals surface area contributed by atoms with Crippen molar-refractivity contribution in [1.29, 1.82) is 0 Å². The number of benzene rings is 9. The molecule has 0 radical (unpaired) electrons. The number of rotatable bonds is 1. The first kappa shape index (κ1) is 29.5. The fourth-order valence-electron chi connectivity index (χ4n) is 11.3. The quantitative estimate of drug-likeness (QED) is 0.166. The molecular weight excluding hydrogens is 665 g/mol. The van der Waals surface area contributed by atoms with Gasteiger partial charge in [-0.1, -0.05) is 176 Å². The molecule has 55 heavy (non-hydrogen) atoms. The lowest BCUT2D eigenvalue weighted by Gasteiger charge is -2.41. The van der Waals surface area contributed by atoms with Gasteiger partial charge >= 0.3 is 0 Å². The van der Waals surface area contributed by atoms with Crippen LogP contribution < -0.4 is 4.74 Å². The summed E-state index contributed by atoms with van der Waals surface area (Å²) in [6.07, 6.45) is 0. The van der Waals surface area contributed by atoms with E-state index in [2.05, 4.69) is 194 Å². The van der Waals surface area contributed by atoms with Crippen LogP contribution in [0.4, 0.5) is 0 Å². The van der Waals surface area contributed by atoms with Gasteiger partial charge in [0.05, 0.1) is 10.8 Å². The molecule has 2 spiro atoms. The second-order valence-corrected chi connectivity index (χ2v) is 15.4. The molecule has 1 nitrogen and oxygen atoms in total. The molecule has 9 aromatic carbocycles. The highest BCUT2D eigenvalue weighted by molar-refractivity contribution is 6.07. The first-order chi connectivity index (χ1) is 27.3. The Balaban J connectivity index is 1.15. The number of fused-ring (bicyclic) bond motifs is 18. The Hall–Kier alpha value is -6.96. The largest absolute Gasteiger partial charge is 0.457 e. The predicted octanol–water partition coefficient (Wildman–Crippen LogP) is 13.3. The smallest absolute Gasteiger partial charge is 0.132 e. The van der Waals surface area contributed by atoms with E-state index in [1.165, 1.54) is 99.8 Å². The highest BCUT2D eigenvalue weighted by Gasteiger charge is 2.53. The van der Waals surface area contributed by atoms with E-state index in [1.807, 2.05) is 0 Å². The van der Waals surface area contributed by atoms with Gasteiger partial charge in [-0.15, -0.1) is 0 Å². The molecule has 0 amide bonds. The Labute approximate surface area is 319 Å². The third-order valence-electron chi connectivity index (χ3n) is 13.2. The average Bonchev–Trinajstić information content (AvgIpc) is 3.71. The number of hydrogen-bond acceptors (Lipinski definition) is 1. The van der Waals surface area contributed by atoms with E-state index in [1.54, 1.807) is 0 Å². The highest BCUT2D eigenvalue weighted by Crippen LogP contribution is 2.65. The summed E-state index contributed by atoms with van der Waals surface area (Å²) in [5, 5.41) is 2.62. The maximum absolute atomic E-state index is 6.93. The third-order valence-corrected chi connectivity index (χ3v) is 13.2. The summed E-state index contributed by atoms with van der Waals surface area (Å²) in [4.78, 5) is 0. The molecule has 3 aliphatic carbocycles. The normalized spacial score (nSPS) is 16.7. The second kappa shape index (κ2) is 10.4. The van der Waals surface area contributed by atoms with Crippen LogP contribution in [-0.2, 0) is 10.8 Å². The summed E-state index contributed by atoms with van der Waals surface area (Å²) in [6, 6.07) is 72.5. The number of hydrogen-bond donors (Lipinski definition) is 0. The van der Waals surface area contributed by atoms with Crippen LogP contribution in [0.1, 0.15) is 44.5 Å². The fraction of sp³-hybridized carbons (Fsp3) is 0.0370. The molecule has 1 aliphatic heterocycles. The lowest BCUT2D eigenvalue weighted by atomic mass is 9.61. The van der Waals surface area contributed by atoms with Crippen LogP contribution in [0.5, 0.6) is 11.5 Å². The summed E-state index contributed by atoms with van der Waals surface area (Å²) in [5.74, 6) is 1.82. The van der Waals surface area contributed by atoms with Crippen LogP contribution in [0.3, 0.4) is 0 Å². The van der Waals surface area contributed by atoms with Crippen molar-refractivity contribution in [1.82, 2.24) is 0 Å². The summed E-state index contributed by atoms with van der Waals surface area (Å²) >= 11 is 0.